The van der Waals surface area contributed by atoms with Crippen molar-refractivity contribution in [2.75, 3.05) is 13.7 Å². The number of hydrogen-bond acceptors (Lipinski definition) is 5. The normalized spacial score (nSPS) is 23.9. The van der Waals surface area contributed by atoms with Crippen LogP contribution in [0.4, 0.5) is 8.78 Å². The van der Waals surface area contributed by atoms with Crippen molar-refractivity contribution in [2.45, 2.75) is 38.3 Å². The van der Waals surface area contributed by atoms with Gasteiger partial charge in [0, 0.05) is 6.54 Å². The Labute approximate surface area is 104 Å². The summed E-state index contributed by atoms with van der Waals surface area (Å²) in [7, 11) is 1.25. The molecule has 0 spiro atoms. The van der Waals surface area contributed by atoms with Crippen LogP contribution in [0, 0.1) is 5.92 Å². The molecule has 5 nitrogen and oxygen atoms in total. The van der Waals surface area contributed by atoms with Gasteiger partial charge in [0.2, 0.25) is 0 Å². The van der Waals surface area contributed by atoms with Crippen molar-refractivity contribution in [3.63, 3.8) is 0 Å². The van der Waals surface area contributed by atoms with E-state index in [9.17, 15) is 18.4 Å². The van der Waals surface area contributed by atoms with Crippen LogP contribution in [-0.2, 0) is 19.1 Å². The topological polar surface area (TPSA) is 64.6 Å². The van der Waals surface area contributed by atoms with Crippen LogP contribution in [0.15, 0.2) is 0 Å². The zero-order valence-corrected chi connectivity index (χ0v) is 10.5. The highest BCUT2D eigenvalue weighted by Crippen LogP contribution is 2.30. The van der Waals surface area contributed by atoms with Crippen molar-refractivity contribution < 1.29 is 27.8 Å². The van der Waals surface area contributed by atoms with E-state index < -0.39 is 36.4 Å². The maximum Gasteiger partial charge on any atom is 0.377 e. The number of ether oxygens (including phenoxy) is 2. The SMILES string of the molecule is COC(=O)C(NCC1CC(F)(F)C(=O)O1)C(C)C. The molecule has 18 heavy (non-hydrogen) atoms. The Kier molecular flexibility index (Phi) is 4.61. The molecule has 2 unspecified atom stereocenters. The number of nitrogens with one attached hydrogen (secondary N) is 1. The van der Waals surface area contributed by atoms with E-state index in [1.807, 2.05) is 0 Å². The van der Waals surface area contributed by atoms with Crippen LogP contribution in [0.25, 0.3) is 0 Å². The molecule has 1 rings (SSSR count). The molecular formula is C11H17F2NO4. The van der Waals surface area contributed by atoms with Gasteiger partial charge in [-0.25, -0.2) is 4.79 Å². The Morgan fingerprint density at radius 1 is 1.61 bits per heavy atom. The third kappa shape index (κ3) is 3.38. The van der Waals surface area contributed by atoms with Gasteiger partial charge in [-0.3, -0.25) is 4.79 Å². The lowest BCUT2D eigenvalue weighted by Crippen LogP contribution is -2.45. The first kappa shape index (κ1) is 14.8. The zero-order valence-electron chi connectivity index (χ0n) is 10.5. The van der Waals surface area contributed by atoms with E-state index >= 15 is 0 Å². The summed E-state index contributed by atoms with van der Waals surface area (Å²) in [5.74, 6) is -5.46. The first-order chi connectivity index (χ1) is 8.27. The number of carbonyl (C=O) groups is 2. The molecule has 0 bridgehead atoms. The van der Waals surface area contributed by atoms with E-state index in [1.165, 1.54) is 7.11 Å². The quantitative estimate of drug-likeness (QED) is 0.742. The van der Waals surface area contributed by atoms with Crippen LogP contribution < -0.4 is 5.32 Å². The minimum absolute atomic E-state index is 0.000718. The molecule has 2 atom stereocenters. The average Bonchev–Trinajstić information content (AvgIpc) is 2.52. The number of methoxy groups -OCH3 is 1. The van der Waals surface area contributed by atoms with Gasteiger partial charge in [-0.15, -0.1) is 0 Å². The first-order valence-electron chi connectivity index (χ1n) is 5.68. The van der Waals surface area contributed by atoms with Crippen molar-refractivity contribution in [1.82, 2.24) is 5.32 Å². The molecule has 0 aliphatic carbocycles. The molecule has 0 amide bonds. The number of rotatable bonds is 5. The molecule has 0 aromatic heterocycles. The number of cyclic esters (lactones) is 1. The van der Waals surface area contributed by atoms with Crippen LogP contribution >= 0.6 is 0 Å². The lowest BCUT2D eigenvalue weighted by Gasteiger charge is -2.21. The Morgan fingerprint density at radius 2 is 2.22 bits per heavy atom. The Bertz CT molecular complexity index is 333. The van der Waals surface area contributed by atoms with Crippen molar-refractivity contribution in [1.29, 1.82) is 0 Å². The van der Waals surface area contributed by atoms with E-state index in [0.29, 0.717) is 0 Å². The van der Waals surface area contributed by atoms with E-state index in [2.05, 4.69) is 14.8 Å². The number of carbonyl (C=O) groups excluding carboxylic acids is 2. The van der Waals surface area contributed by atoms with Gasteiger partial charge >= 0.3 is 17.9 Å². The summed E-state index contributed by atoms with van der Waals surface area (Å²) >= 11 is 0. The molecule has 0 saturated carbocycles. The summed E-state index contributed by atoms with van der Waals surface area (Å²) in [5.41, 5.74) is 0. The van der Waals surface area contributed by atoms with Crippen molar-refractivity contribution in [2.24, 2.45) is 5.92 Å². The maximum atomic E-state index is 12.9. The number of esters is 2. The Morgan fingerprint density at radius 3 is 2.61 bits per heavy atom. The highest BCUT2D eigenvalue weighted by atomic mass is 19.3. The van der Waals surface area contributed by atoms with Crippen LogP contribution in [0.3, 0.4) is 0 Å². The summed E-state index contributed by atoms with van der Waals surface area (Å²) in [6.07, 6.45) is -1.58. The number of halogens is 2. The summed E-state index contributed by atoms with van der Waals surface area (Å²) in [6.45, 7) is 3.59. The second kappa shape index (κ2) is 5.60. The summed E-state index contributed by atoms with van der Waals surface area (Å²) < 4.78 is 34.9. The van der Waals surface area contributed by atoms with Crippen LogP contribution in [-0.4, -0.2) is 43.7 Å². The van der Waals surface area contributed by atoms with Gasteiger partial charge in [-0.2, -0.15) is 8.78 Å². The average molecular weight is 265 g/mol. The molecule has 0 aromatic rings. The largest absolute Gasteiger partial charge is 0.468 e. The minimum Gasteiger partial charge on any atom is -0.468 e. The molecule has 1 aliphatic rings. The highest BCUT2D eigenvalue weighted by Gasteiger charge is 2.50. The fourth-order valence-corrected chi connectivity index (χ4v) is 1.74. The second-order valence-corrected chi connectivity index (χ2v) is 4.59. The van der Waals surface area contributed by atoms with E-state index in [1.54, 1.807) is 13.8 Å². The fraction of sp³-hybridized carbons (Fsp3) is 0.818. The van der Waals surface area contributed by atoms with Crippen LogP contribution in [0.5, 0.6) is 0 Å². The lowest BCUT2D eigenvalue weighted by atomic mass is 10.0. The van der Waals surface area contributed by atoms with Gasteiger partial charge in [0.25, 0.3) is 0 Å². The molecular weight excluding hydrogens is 248 g/mol. The second-order valence-electron chi connectivity index (χ2n) is 4.59. The fourth-order valence-electron chi connectivity index (χ4n) is 1.74. The summed E-state index contributed by atoms with van der Waals surface area (Å²) in [4.78, 5) is 22.2. The first-order valence-corrected chi connectivity index (χ1v) is 5.68. The predicted molar refractivity (Wildman–Crippen MR) is 58.1 cm³/mol. The van der Waals surface area contributed by atoms with Gasteiger partial charge in [0.1, 0.15) is 12.1 Å². The van der Waals surface area contributed by atoms with Crippen molar-refractivity contribution >= 4 is 11.9 Å². The van der Waals surface area contributed by atoms with Gasteiger partial charge in [-0.05, 0) is 5.92 Å². The van der Waals surface area contributed by atoms with E-state index in [-0.39, 0.29) is 12.5 Å². The molecule has 1 aliphatic heterocycles. The lowest BCUT2D eigenvalue weighted by molar-refractivity contribution is -0.159. The maximum absolute atomic E-state index is 12.9. The molecule has 1 heterocycles. The molecule has 0 aromatic carbocycles. The van der Waals surface area contributed by atoms with Gasteiger partial charge in [-0.1, -0.05) is 13.8 Å². The van der Waals surface area contributed by atoms with E-state index in [4.69, 9.17) is 0 Å². The molecule has 1 N–H and O–H groups in total. The summed E-state index contributed by atoms with van der Waals surface area (Å²) in [5, 5.41) is 2.79. The van der Waals surface area contributed by atoms with Crippen LogP contribution in [0.2, 0.25) is 0 Å². The zero-order chi connectivity index (χ0) is 13.9. The molecule has 7 heteroatoms. The standard InChI is InChI=1S/C11H17F2NO4/c1-6(2)8(9(15)17-3)14-5-7-4-11(12,13)10(16)18-7/h6-8,14H,4-5H2,1-3H3. The third-order valence-corrected chi connectivity index (χ3v) is 2.74. The Hall–Kier alpha value is -1.24. The molecule has 1 fully saturated rings. The van der Waals surface area contributed by atoms with Gasteiger partial charge < -0.3 is 14.8 Å². The van der Waals surface area contributed by atoms with Crippen molar-refractivity contribution in [3.8, 4) is 0 Å². The Balaban J connectivity index is 2.50. The molecule has 0 radical (unpaired) electrons. The highest BCUT2D eigenvalue weighted by molar-refractivity contribution is 5.79. The van der Waals surface area contributed by atoms with E-state index in [0.717, 1.165) is 0 Å². The summed E-state index contributed by atoms with van der Waals surface area (Å²) in [6, 6.07) is -0.608. The predicted octanol–water partition coefficient (Wildman–Crippen LogP) is 0.724. The van der Waals surface area contributed by atoms with Gasteiger partial charge in [0.05, 0.1) is 13.5 Å². The number of hydrogen-bond donors (Lipinski definition) is 1. The van der Waals surface area contributed by atoms with Crippen LogP contribution in [0.1, 0.15) is 20.3 Å². The molecule has 1 saturated heterocycles. The molecule has 104 valence electrons. The minimum atomic E-state index is -3.43. The smallest absolute Gasteiger partial charge is 0.377 e. The third-order valence-electron chi connectivity index (χ3n) is 2.74. The van der Waals surface area contributed by atoms with Crippen molar-refractivity contribution in [3.05, 3.63) is 0 Å². The monoisotopic (exact) mass is 265 g/mol. The van der Waals surface area contributed by atoms with Gasteiger partial charge in [0.15, 0.2) is 0 Å². The number of alkyl halides is 2.